The molecule has 7 heteroatoms. The number of anilines is 4. The van der Waals surface area contributed by atoms with Gasteiger partial charge in [-0.3, -0.25) is 0 Å². The lowest BCUT2D eigenvalue weighted by atomic mass is 10.2. The Labute approximate surface area is 148 Å². The predicted octanol–water partition coefficient (Wildman–Crippen LogP) is 4.44. The molecule has 2 aromatic carbocycles. The summed E-state index contributed by atoms with van der Waals surface area (Å²) in [4.78, 5) is 4.42. The second-order valence-electron chi connectivity index (χ2n) is 5.13. The zero-order chi connectivity index (χ0) is 16.9. The fourth-order valence-electron chi connectivity index (χ4n) is 2.11. The second-order valence-corrected chi connectivity index (χ2v) is 5.98. The average molecular weight is 386 g/mol. The van der Waals surface area contributed by atoms with Gasteiger partial charge in [0.25, 0.3) is 0 Å². The van der Waals surface area contributed by atoms with E-state index in [1.807, 2.05) is 49.4 Å². The van der Waals surface area contributed by atoms with Crippen LogP contribution >= 0.6 is 15.9 Å². The number of benzene rings is 2. The van der Waals surface area contributed by atoms with E-state index in [4.69, 9.17) is 4.74 Å². The van der Waals surface area contributed by atoms with Crippen molar-refractivity contribution in [2.24, 2.45) is 0 Å². The van der Waals surface area contributed by atoms with E-state index in [0.717, 1.165) is 21.6 Å². The number of nitrogens with zero attached hydrogens (tertiary/aromatic N) is 3. The highest BCUT2D eigenvalue weighted by Crippen LogP contribution is 2.26. The average Bonchev–Trinajstić information content (AvgIpc) is 2.58. The van der Waals surface area contributed by atoms with E-state index in [1.165, 1.54) is 5.56 Å². The lowest BCUT2D eigenvalue weighted by Crippen LogP contribution is -2.02. The summed E-state index contributed by atoms with van der Waals surface area (Å²) in [6.45, 7) is 2.04. The van der Waals surface area contributed by atoms with Crippen LogP contribution < -0.4 is 15.4 Å². The number of aryl methyl sites for hydroxylation is 1. The highest BCUT2D eigenvalue weighted by atomic mass is 79.9. The van der Waals surface area contributed by atoms with Gasteiger partial charge in [0.05, 0.1) is 19.0 Å². The van der Waals surface area contributed by atoms with Crippen molar-refractivity contribution in [1.29, 1.82) is 0 Å². The molecule has 0 fully saturated rings. The number of nitrogens with one attached hydrogen (secondary N) is 2. The Kier molecular flexibility index (Phi) is 4.90. The van der Waals surface area contributed by atoms with Gasteiger partial charge in [-0.2, -0.15) is 10.1 Å². The molecule has 0 unspecified atom stereocenters. The molecule has 0 aliphatic heterocycles. The Balaban J connectivity index is 1.78. The third-order valence-electron chi connectivity index (χ3n) is 3.27. The Morgan fingerprint density at radius 1 is 1.08 bits per heavy atom. The summed E-state index contributed by atoms with van der Waals surface area (Å²) in [5, 5.41) is 14.3. The molecule has 0 aliphatic carbocycles. The van der Waals surface area contributed by atoms with Crippen molar-refractivity contribution in [3.63, 3.8) is 0 Å². The topological polar surface area (TPSA) is 72.0 Å². The number of ether oxygens (including phenoxy) is 1. The van der Waals surface area contributed by atoms with Crippen LogP contribution in [0, 0.1) is 6.92 Å². The minimum absolute atomic E-state index is 0.400. The van der Waals surface area contributed by atoms with Crippen molar-refractivity contribution in [1.82, 2.24) is 15.2 Å². The van der Waals surface area contributed by atoms with Crippen molar-refractivity contribution < 1.29 is 4.74 Å². The smallest absolute Gasteiger partial charge is 0.249 e. The molecule has 3 rings (SSSR count). The van der Waals surface area contributed by atoms with Gasteiger partial charge in [-0.05, 0) is 52.7 Å². The monoisotopic (exact) mass is 385 g/mol. The first-order chi connectivity index (χ1) is 11.6. The van der Waals surface area contributed by atoms with Gasteiger partial charge in [-0.25, -0.2) is 0 Å². The van der Waals surface area contributed by atoms with E-state index < -0.39 is 0 Å². The normalized spacial score (nSPS) is 10.3. The minimum atomic E-state index is 0.400. The molecule has 0 amide bonds. The van der Waals surface area contributed by atoms with E-state index in [9.17, 15) is 0 Å². The van der Waals surface area contributed by atoms with Crippen LogP contribution in [-0.2, 0) is 0 Å². The maximum absolute atomic E-state index is 5.20. The van der Waals surface area contributed by atoms with E-state index >= 15 is 0 Å². The molecule has 0 aliphatic rings. The van der Waals surface area contributed by atoms with Crippen molar-refractivity contribution >= 4 is 39.1 Å². The molecule has 0 radical (unpaired) electrons. The maximum atomic E-state index is 5.20. The van der Waals surface area contributed by atoms with Crippen molar-refractivity contribution in [3.8, 4) is 5.75 Å². The zero-order valence-electron chi connectivity index (χ0n) is 13.2. The predicted molar refractivity (Wildman–Crippen MR) is 98.3 cm³/mol. The first kappa shape index (κ1) is 16.2. The summed E-state index contributed by atoms with van der Waals surface area (Å²) >= 11 is 3.54. The molecule has 1 aromatic heterocycles. The Hall–Kier alpha value is -2.67. The van der Waals surface area contributed by atoms with Crippen LogP contribution in [0.4, 0.5) is 23.1 Å². The van der Waals surface area contributed by atoms with Gasteiger partial charge in [0.1, 0.15) is 5.75 Å². The molecule has 122 valence electrons. The highest BCUT2D eigenvalue weighted by Gasteiger charge is 2.05. The molecule has 1 heterocycles. The van der Waals surface area contributed by atoms with Gasteiger partial charge in [0.15, 0.2) is 5.82 Å². The van der Waals surface area contributed by atoms with E-state index in [1.54, 1.807) is 13.3 Å². The molecule has 0 bridgehead atoms. The lowest BCUT2D eigenvalue weighted by molar-refractivity contribution is 0.415. The number of hydrogen-bond donors (Lipinski definition) is 2. The Morgan fingerprint density at radius 3 is 2.75 bits per heavy atom. The number of aromatic nitrogens is 3. The molecule has 2 N–H and O–H groups in total. The summed E-state index contributed by atoms with van der Waals surface area (Å²) in [6.07, 6.45) is 1.57. The number of hydrogen-bond acceptors (Lipinski definition) is 6. The van der Waals surface area contributed by atoms with Crippen LogP contribution in [0.15, 0.2) is 53.1 Å². The molecular formula is C17H16BrN5O. The minimum Gasteiger partial charge on any atom is -0.497 e. The molecule has 0 atom stereocenters. The third kappa shape index (κ3) is 3.99. The molecule has 3 aromatic rings. The molecule has 0 saturated heterocycles. The molecule has 6 nitrogen and oxygen atoms in total. The van der Waals surface area contributed by atoms with Crippen LogP contribution in [0.25, 0.3) is 0 Å². The standard InChI is InChI=1S/C17H16BrN5O/c1-11-6-7-15(14(18)8-11)21-16-10-19-23-17(22-16)20-12-4-3-5-13(9-12)24-2/h3-10H,1-2H3,(H2,20,21,22,23). The van der Waals surface area contributed by atoms with Crippen LogP contribution in [0.1, 0.15) is 5.56 Å². The first-order valence-corrected chi connectivity index (χ1v) is 8.07. The van der Waals surface area contributed by atoms with Crippen LogP contribution in [0.3, 0.4) is 0 Å². The summed E-state index contributed by atoms with van der Waals surface area (Å²) < 4.78 is 6.17. The second kappa shape index (κ2) is 7.27. The van der Waals surface area contributed by atoms with Gasteiger partial charge in [-0.1, -0.05) is 12.1 Å². The summed E-state index contributed by atoms with van der Waals surface area (Å²) in [5.41, 5.74) is 2.91. The van der Waals surface area contributed by atoms with Crippen LogP contribution in [0.2, 0.25) is 0 Å². The SMILES string of the molecule is COc1cccc(Nc2nncc(Nc3ccc(C)cc3Br)n2)c1. The fourth-order valence-corrected chi connectivity index (χ4v) is 2.70. The fraction of sp³-hybridized carbons (Fsp3) is 0.118. The Bertz CT molecular complexity index is 856. The number of halogens is 1. The molecular weight excluding hydrogens is 370 g/mol. The van der Waals surface area contributed by atoms with E-state index in [-0.39, 0.29) is 0 Å². The lowest BCUT2D eigenvalue weighted by Gasteiger charge is -2.10. The number of methoxy groups -OCH3 is 1. The Morgan fingerprint density at radius 2 is 1.96 bits per heavy atom. The molecule has 0 saturated carbocycles. The van der Waals surface area contributed by atoms with Gasteiger partial charge in [0.2, 0.25) is 5.95 Å². The zero-order valence-corrected chi connectivity index (χ0v) is 14.8. The highest BCUT2D eigenvalue weighted by molar-refractivity contribution is 9.10. The largest absolute Gasteiger partial charge is 0.497 e. The van der Waals surface area contributed by atoms with E-state index in [0.29, 0.717) is 11.8 Å². The maximum Gasteiger partial charge on any atom is 0.249 e. The van der Waals surface area contributed by atoms with Crippen molar-refractivity contribution in [2.75, 3.05) is 17.7 Å². The quantitative estimate of drug-likeness (QED) is 0.676. The third-order valence-corrected chi connectivity index (χ3v) is 3.93. The number of rotatable bonds is 5. The van der Waals surface area contributed by atoms with E-state index in [2.05, 4.69) is 41.7 Å². The summed E-state index contributed by atoms with van der Waals surface area (Å²) in [6, 6.07) is 13.6. The van der Waals surface area contributed by atoms with Gasteiger partial charge < -0.3 is 15.4 Å². The van der Waals surface area contributed by atoms with Gasteiger partial charge >= 0.3 is 0 Å². The van der Waals surface area contributed by atoms with Gasteiger partial charge in [-0.15, -0.1) is 5.10 Å². The van der Waals surface area contributed by atoms with Crippen LogP contribution in [-0.4, -0.2) is 22.3 Å². The van der Waals surface area contributed by atoms with Crippen molar-refractivity contribution in [3.05, 3.63) is 58.7 Å². The first-order valence-electron chi connectivity index (χ1n) is 7.28. The molecule has 24 heavy (non-hydrogen) atoms. The molecule has 0 spiro atoms. The summed E-state index contributed by atoms with van der Waals surface area (Å²) in [5.74, 6) is 1.75. The van der Waals surface area contributed by atoms with Crippen molar-refractivity contribution in [2.45, 2.75) is 6.92 Å². The van der Waals surface area contributed by atoms with Gasteiger partial charge in [0, 0.05) is 16.2 Å². The summed E-state index contributed by atoms with van der Waals surface area (Å²) in [7, 11) is 1.63. The van der Waals surface area contributed by atoms with Crippen LogP contribution in [0.5, 0.6) is 5.75 Å².